The maximum absolute atomic E-state index is 14.1. The van der Waals surface area contributed by atoms with Crippen molar-refractivity contribution in [3.8, 4) is 11.3 Å². The zero-order valence-electron chi connectivity index (χ0n) is 28.3. The summed E-state index contributed by atoms with van der Waals surface area (Å²) in [7, 11) is 2.01. The van der Waals surface area contributed by atoms with Gasteiger partial charge in [0.05, 0.1) is 23.0 Å². The number of hydrogen-bond donors (Lipinski definition) is 2. The summed E-state index contributed by atoms with van der Waals surface area (Å²) in [4.78, 5) is 29.0. The predicted octanol–water partition coefficient (Wildman–Crippen LogP) is 7.35. The summed E-state index contributed by atoms with van der Waals surface area (Å²) in [6.45, 7) is 13.5. The van der Waals surface area contributed by atoms with Crippen LogP contribution in [0.1, 0.15) is 80.2 Å². The molecule has 0 radical (unpaired) electrons. The van der Waals surface area contributed by atoms with E-state index >= 15 is 0 Å². The molecule has 1 atom stereocenters. The number of nitrogens with one attached hydrogen (secondary N) is 2. The summed E-state index contributed by atoms with van der Waals surface area (Å²) in [5.41, 5.74) is 10.9. The molecular formula is C39H48N6O. The van der Waals surface area contributed by atoms with Crippen LogP contribution in [0.4, 0.5) is 0 Å². The fourth-order valence-corrected chi connectivity index (χ4v) is 8.10. The van der Waals surface area contributed by atoms with Crippen LogP contribution in [-0.2, 0) is 23.7 Å². The number of rotatable bonds is 9. The molecule has 2 aromatic carbocycles. The lowest BCUT2D eigenvalue weighted by Crippen LogP contribution is -2.55. The minimum Gasteiger partial charge on any atom is -0.354 e. The number of benzene rings is 2. The van der Waals surface area contributed by atoms with Gasteiger partial charge in [-0.15, -0.1) is 0 Å². The average molecular weight is 617 g/mol. The lowest BCUT2D eigenvalue weighted by atomic mass is 9.76. The Balaban J connectivity index is 1.18. The first kappa shape index (κ1) is 30.7. The third kappa shape index (κ3) is 5.63. The molecule has 2 N–H and O–H groups in total. The average Bonchev–Trinajstić information content (AvgIpc) is 3.62. The number of amides is 1. The predicted molar refractivity (Wildman–Crippen MR) is 187 cm³/mol. The van der Waals surface area contributed by atoms with Crippen molar-refractivity contribution in [3.63, 3.8) is 0 Å². The van der Waals surface area contributed by atoms with Gasteiger partial charge in [-0.25, -0.2) is 9.97 Å². The normalized spacial score (nSPS) is 19.0. The lowest BCUT2D eigenvalue weighted by Gasteiger charge is -2.47. The summed E-state index contributed by atoms with van der Waals surface area (Å²) < 4.78 is 2.02. The number of nitrogens with zero attached hydrogens (tertiary/aromatic N) is 4. The Hall–Kier alpha value is -3.97. The summed E-state index contributed by atoms with van der Waals surface area (Å²) in [5, 5.41) is 4.96. The number of fused-ring (bicyclic) bond motifs is 5. The molecule has 2 bridgehead atoms. The fourth-order valence-electron chi connectivity index (χ4n) is 8.10. The molecule has 3 fully saturated rings. The van der Waals surface area contributed by atoms with Crippen LogP contribution >= 0.6 is 0 Å². The van der Waals surface area contributed by atoms with Gasteiger partial charge < -0.3 is 19.8 Å². The Morgan fingerprint density at radius 3 is 2.52 bits per heavy atom. The van der Waals surface area contributed by atoms with E-state index in [0.29, 0.717) is 12.0 Å². The van der Waals surface area contributed by atoms with Crippen molar-refractivity contribution < 1.29 is 4.79 Å². The number of aromatic nitrogens is 4. The van der Waals surface area contributed by atoms with E-state index in [1.54, 1.807) is 0 Å². The van der Waals surface area contributed by atoms with Crippen molar-refractivity contribution in [2.45, 2.75) is 84.1 Å². The smallest absolute Gasteiger partial charge is 0.232 e. The standard InChI is InChI=1S/C39H48N6O/c1-24-15-25(2)17-29(16-24)36-35(26(3)20-40-14-13-28-18-34-37(41-21-28)42-23-44(34)6)32-19-30(9-12-33(32)43-36)39(4,5)38(46)45-22-27-7-10-31(45)11-8-27/h9,12,15-19,21,23,26-27,31,40,43H,7-8,10-11,13-14,20,22H2,1-6H3/t26-,27?,31?/m1/s1. The molecule has 7 nitrogen and oxygen atoms in total. The van der Waals surface area contributed by atoms with Gasteiger partial charge >= 0.3 is 0 Å². The van der Waals surface area contributed by atoms with Gasteiger partial charge in [0.1, 0.15) is 0 Å². The molecule has 1 saturated carbocycles. The van der Waals surface area contributed by atoms with Crippen molar-refractivity contribution in [1.29, 1.82) is 0 Å². The minimum atomic E-state index is -0.592. The topological polar surface area (TPSA) is 78.8 Å². The van der Waals surface area contributed by atoms with Crippen LogP contribution < -0.4 is 5.32 Å². The number of carbonyl (C=O) groups excluding carboxylic acids is 1. The van der Waals surface area contributed by atoms with Crippen LogP contribution in [0.2, 0.25) is 0 Å². The summed E-state index contributed by atoms with van der Waals surface area (Å²) >= 11 is 0. The zero-order valence-corrected chi connectivity index (χ0v) is 28.3. The number of pyridine rings is 1. The highest BCUT2D eigenvalue weighted by atomic mass is 16.2. The van der Waals surface area contributed by atoms with E-state index < -0.39 is 5.41 Å². The van der Waals surface area contributed by atoms with Crippen LogP contribution in [0.3, 0.4) is 0 Å². The molecule has 1 aliphatic carbocycles. The maximum atomic E-state index is 14.1. The minimum absolute atomic E-state index is 0.245. The van der Waals surface area contributed by atoms with E-state index in [2.05, 4.69) is 102 Å². The highest BCUT2D eigenvalue weighted by Gasteiger charge is 2.42. The second-order valence-corrected chi connectivity index (χ2v) is 14.7. The molecule has 1 amide bonds. The fraction of sp³-hybridized carbons (Fsp3) is 0.462. The molecule has 0 unspecified atom stereocenters. The SMILES string of the molecule is Cc1cc(C)cc(-c2[nH]c3ccc(C(C)(C)C(=O)N4CC5CCC4CC5)cc3c2[C@H](C)CNCCc2cnc3ncn(C)c3c2)c1. The van der Waals surface area contributed by atoms with E-state index in [1.165, 1.54) is 51.7 Å². The van der Waals surface area contributed by atoms with Gasteiger partial charge in [-0.2, -0.15) is 0 Å². The Bertz CT molecular complexity index is 1890. The number of H-pyrrole nitrogens is 1. The van der Waals surface area contributed by atoms with Gasteiger partial charge in [-0.05, 0) is 131 Å². The Morgan fingerprint density at radius 1 is 1.04 bits per heavy atom. The van der Waals surface area contributed by atoms with Crippen LogP contribution in [0.25, 0.3) is 33.3 Å². The van der Waals surface area contributed by atoms with Crippen molar-refractivity contribution in [2.75, 3.05) is 19.6 Å². The van der Waals surface area contributed by atoms with Crippen molar-refractivity contribution in [3.05, 3.63) is 82.8 Å². The highest BCUT2D eigenvalue weighted by molar-refractivity contribution is 5.94. The first-order chi connectivity index (χ1) is 22.1. The number of hydrogen-bond acceptors (Lipinski definition) is 4. The lowest BCUT2D eigenvalue weighted by molar-refractivity contribution is -0.144. The largest absolute Gasteiger partial charge is 0.354 e. The molecule has 5 aromatic rings. The Morgan fingerprint density at radius 2 is 1.80 bits per heavy atom. The zero-order chi connectivity index (χ0) is 32.2. The maximum Gasteiger partial charge on any atom is 0.232 e. The molecule has 3 aromatic heterocycles. The molecule has 2 saturated heterocycles. The van der Waals surface area contributed by atoms with E-state index in [4.69, 9.17) is 0 Å². The van der Waals surface area contributed by atoms with E-state index in [1.807, 2.05) is 24.1 Å². The van der Waals surface area contributed by atoms with Gasteiger partial charge in [0.2, 0.25) is 5.91 Å². The summed E-state index contributed by atoms with van der Waals surface area (Å²) in [6.07, 6.45) is 9.52. The molecule has 0 spiro atoms. The third-order valence-electron chi connectivity index (χ3n) is 10.7. The molecular weight excluding hydrogens is 568 g/mol. The van der Waals surface area contributed by atoms with Crippen molar-refractivity contribution in [2.24, 2.45) is 13.0 Å². The van der Waals surface area contributed by atoms with Crippen molar-refractivity contribution in [1.82, 2.24) is 29.7 Å². The van der Waals surface area contributed by atoms with Crippen LogP contribution in [0.15, 0.2) is 55.0 Å². The van der Waals surface area contributed by atoms with Gasteiger partial charge in [0, 0.05) is 43.3 Å². The number of aromatic amines is 1. The second kappa shape index (κ2) is 12.0. The molecule has 46 heavy (non-hydrogen) atoms. The van der Waals surface area contributed by atoms with Crippen molar-refractivity contribution >= 4 is 28.0 Å². The highest BCUT2D eigenvalue weighted by Crippen LogP contribution is 2.41. The van der Waals surface area contributed by atoms with E-state index in [9.17, 15) is 4.79 Å². The molecule has 7 heteroatoms. The molecule has 3 aliphatic rings. The number of carbonyl (C=O) groups is 1. The molecule has 240 valence electrons. The number of aryl methyl sites for hydroxylation is 3. The molecule has 8 rings (SSSR count). The summed E-state index contributed by atoms with van der Waals surface area (Å²) in [5.74, 6) is 1.20. The monoisotopic (exact) mass is 616 g/mol. The molecule has 2 aliphatic heterocycles. The summed E-state index contributed by atoms with van der Waals surface area (Å²) in [6, 6.07) is 16.1. The van der Waals surface area contributed by atoms with E-state index in [-0.39, 0.29) is 11.8 Å². The van der Waals surface area contributed by atoms with Crippen LogP contribution in [-0.4, -0.2) is 56.0 Å². The Kier molecular flexibility index (Phi) is 8.00. The Labute approximate surface area is 272 Å². The first-order valence-electron chi connectivity index (χ1n) is 17.1. The number of piperidine rings is 2. The van der Waals surface area contributed by atoms with Gasteiger partial charge in [0.15, 0.2) is 5.65 Å². The second-order valence-electron chi connectivity index (χ2n) is 14.7. The van der Waals surface area contributed by atoms with Crippen LogP contribution in [0.5, 0.6) is 0 Å². The number of imidazole rings is 1. The van der Waals surface area contributed by atoms with Gasteiger partial charge in [-0.1, -0.05) is 30.2 Å². The van der Waals surface area contributed by atoms with Gasteiger partial charge in [-0.3, -0.25) is 4.79 Å². The quantitative estimate of drug-likeness (QED) is 0.170. The van der Waals surface area contributed by atoms with E-state index in [0.717, 1.165) is 61.1 Å². The van der Waals surface area contributed by atoms with Crippen LogP contribution in [0, 0.1) is 19.8 Å². The van der Waals surface area contributed by atoms with Gasteiger partial charge in [0.25, 0.3) is 0 Å². The molecule has 5 heterocycles. The third-order valence-corrected chi connectivity index (χ3v) is 10.7. The first-order valence-corrected chi connectivity index (χ1v) is 17.1.